The van der Waals surface area contributed by atoms with E-state index in [9.17, 15) is 4.79 Å². The Labute approximate surface area is 120 Å². The number of anilines is 1. The third kappa shape index (κ3) is 2.96. The zero-order valence-electron chi connectivity index (χ0n) is 12.8. The van der Waals surface area contributed by atoms with Gasteiger partial charge in [-0.2, -0.15) is 0 Å². The largest absolute Gasteiger partial charge is 0.443 e. The molecule has 0 atom stereocenters. The van der Waals surface area contributed by atoms with Crippen LogP contribution in [0.4, 0.5) is 10.5 Å². The standard InChI is InChI=1S/C16H24N2O2/c1-11-12(10-17)7-8-14-13(11)6-5-9-18(14)15(19)20-16(2,3)4/h7-8H,5-6,9-10,17H2,1-4H3. The Kier molecular flexibility index (Phi) is 4.04. The van der Waals surface area contributed by atoms with E-state index in [1.807, 2.05) is 32.9 Å². The summed E-state index contributed by atoms with van der Waals surface area (Å²) in [5, 5.41) is 0. The third-order valence-corrected chi connectivity index (χ3v) is 3.62. The molecule has 4 heteroatoms. The zero-order chi connectivity index (χ0) is 14.9. The van der Waals surface area contributed by atoms with Crippen LogP contribution in [-0.4, -0.2) is 18.2 Å². The molecule has 0 radical (unpaired) electrons. The van der Waals surface area contributed by atoms with E-state index in [0.29, 0.717) is 13.1 Å². The van der Waals surface area contributed by atoms with Crippen LogP contribution in [0.3, 0.4) is 0 Å². The molecule has 1 aliphatic rings. The Balaban J connectivity index is 2.34. The summed E-state index contributed by atoms with van der Waals surface area (Å²) in [5.74, 6) is 0. The third-order valence-electron chi connectivity index (χ3n) is 3.62. The van der Waals surface area contributed by atoms with Crippen LogP contribution in [0, 0.1) is 6.92 Å². The normalized spacial score (nSPS) is 14.9. The molecule has 0 unspecified atom stereocenters. The minimum absolute atomic E-state index is 0.265. The van der Waals surface area contributed by atoms with Crippen LogP contribution in [0.2, 0.25) is 0 Å². The molecule has 2 rings (SSSR count). The maximum Gasteiger partial charge on any atom is 0.414 e. The molecular formula is C16H24N2O2. The van der Waals surface area contributed by atoms with E-state index in [1.165, 1.54) is 11.1 Å². The van der Waals surface area contributed by atoms with Crippen LogP contribution in [0.1, 0.15) is 43.9 Å². The van der Waals surface area contributed by atoms with E-state index in [-0.39, 0.29) is 6.09 Å². The Bertz CT molecular complexity index is 518. The lowest BCUT2D eigenvalue weighted by Crippen LogP contribution is -2.40. The smallest absolute Gasteiger partial charge is 0.414 e. The summed E-state index contributed by atoms with van der Waals surface area (Å²) in [7, 11) is 0. The molecule has 0 saturated heterocycles. The molecule has 110 valence electrons. The highest BCUT2D eigenvalue weighted by Gasteiger charge is 2.28. The van der Waals surface area contributed by atoms with Crippen LogP contribution in [-0.2, 0) is 17.7 Å². The molecule has 1 amide bonds. The van der Waals surface area contributed by atoms with E-state index in [0.717, 1.165) is 24.1 Å². The van der Waals surface area contributed by atoms with E-state index in [1.54, 1.807) is 4.90 Å². The van der Waals surface area contributed by atoms with Gasteiger partial charge in [0.05, 0.1) is 5.69 Å². The number of carbonyl (C=O) groups is 1. The molecule has 1 aliphatic heterocycles. The van der Waals surface area contributed by atoms with Crippen molar-refractivity contribution < 1.29 is 9.53 Å². The highest BCUT2D eigenvalue weighted by Crippen LogP contribution is 2.32. The molecule has 0 aliphatic carbocycles. The number of carbonyl (C=O) groups excluding carboxylic acids is 1. The Morgan fingerprint density at radius 2 is 2.10 bits per heavy atom. The average molecular weight is 276 g/mol. The number of rotatable bonds is 1. The SMILES string of the molecule is Cc1c(CN)ccc2c1CCCN2C(=O)OC(C)(C)C. The van der Waals surface area contributed by atoms with Gasteiger partial charge in [0, 0.05) is 13.1 Å². The van der Waals surface area contributed by atoms with Gasteiger partial charge in [0.25, 0.3) is 0 Å². The molecule has 20 heavy (non-hydrogen) atoms. The Hall–Kier alpha value is -1.55. The van der Waals surface area contributed by atoms with Crippen LogP contribution >= 0.6 is 0 Å². The zero-order valence-corrected chi connectivity index (χ0v) is 12.8. The number of fused-ring (bicyclic) bond motifs is 1. The fourth-order valence-electron chi connectivity index (χ4n) is 2.62. The summed E-state index contributed by atoms with van der Waals surface area (Å²) < 4.78 is 5.49. The second-order valence-electron chi connectivity index (χ2n) is 6.29. The number of amides is 1. The number of nitrogens with two attached hydrogens (primary N) is 1. The van der Waals surface area contributed by atoms with Gasteiger partial charge in [-0.25, -0.2) is 4.79 Å². The maximum atomic E-state index is 12.3. The number of hydrogen-bond donors (Lipinski definition) is 1. The van der Waals surface area contributed by atoms with E-state index >= 15 is 0 Å². The second kappa shape index (κ2) is 5.44. The molecule has 0 bridgehead atoms. The minimum atomic E-state index is -0.471. The Morgan fingerprint density at radius 1 is 1.40 bits per heavy atom. The summed E-state index contributed by atoms with van der Waals surface area (Å²) in [6, 6.07) is 4.00. The molecular weight excluding hydrogens is 252 g/mol. The first-order valence-electron chi connectivity index (χ1n) is 7.15. The van der Waals surface area contributed by atoms with Crippen molar-refractivity contribution in [1.82, 2.24) is 0 Å². The molecule has 4 nitrogen and oxygen atoms in total. The first kappa shape index (κ1) is 14.9. The van der Waals surface area contributed by atoms with Crippen molar-refractivity contribution in [3.63, 3.8) is 0 Å². The summed E-state index contributed by atoms with van der Waals surface area (Å²) >= 11 is 0. The second-order valence-corrected chi connectivity index (χ2v) is 6.29. The van der Waals surface area contributed by atoms with E-state index in [2.05, 4.69) is 6.92 Å². The van der Waals surface area contributed by atoms with Gasteiger partial charge in [-0.1, -0.05) is 6.07 Å². The summed E-state index contributed by atoms with van der Waals surface area (Å²) in [6.45, 7) is 8.99. The number of hydrogen-bond acceptors (Lipinski definition) is 3. The van der Waals surface area contributed by atoms with Crippen molar-refractivity contribution in [1.29, 1.82) is 0 Å². The van der Waals surface area contributed by atoms with Crippen LogP contribution in [0.25, 0.3) is 0 Å². The lowest BCUT2D eigenvalue weighted by Gasteiger charge is -2.32. The van der Waals surface area contributed by atoms with E-state index < -0.39 is 5.60 Å². The molecule has 0 fully saturated rings. The van der Waals surface area contributed by atoms with Gasteiger partial charge in [-0.15, -0.1) is 0 Å². The first-order chi connectivity index (χ1) is 9.33. The van der Waals surface area contributed by atoms with E-state index in [4.69, 9.17) is 10.5 Å². The number of nitrogens with zero attached hydrogens (tertiary/aromatic N) is 1. The van der Waals surface area contributed by atoms with Crippen LogP contribution in [0.5, 0.6) is 0 Å². The van der Waals surface area contributed by atoms with Gasteiger partial charge in [0.2, 0.25) is 0 Å². The molecule has 0 saturated carbocycles. The molecule has 1 heterocycles. The Morgan fingerprint density at radius 3 is 2.70 bits per heavy atom. The molecule has 1 aromatic carbocycles. The first-order valence-corrected chi connectivity index (χ1v) is 7.15. The van der Waals surface area contributed by atoms with Gasteiger partial charge in [0.15, 0.2) is 0 Å². The monoisotopic (exact) mass is 276 g/mol. The van der Waals surface area contributed by atoms with Crippen molar-refractivity contribution in [2.45, 2.75) is 52.7 Å². The number of benzene rings is 1. The predicted molar refractivity (Wildman–Crippen MR) is 81.0 cm³/mol. The van der Waals surface area contributed by atoms with Gasteiger partial charge < -0.3 is 10.5 Å². The molecule has 0 aromatic heterocycles. The summed E-state index contributed by atoms with van der Waals surface area (Å²) in [5.41, 5.74) is 9.84. The van der Waals surface area contributed by atoms with Crippen molar-refractivity contribution >= 4 is 11.8 Å². The van der Waals surface area contributed by atoms with Gasteiger partial charge in [-0.05, 0) is 63.3 Å². The van der Waals surface area contributed by atoms with Crippen LogP contribution in [0.15, 0.2) is 12.1 Å². The lowest BCUT2D eigenvalue weighted by atomic mass is 9.93. The summed E-state index contributed by atoms with van der Waals surface area (Å²) in [4.78, 5) is 14.1. The van der Waals surface area contributed by atoms with Crippen molar-refractivity contribution in [3.05, 3.63) is 28.8 Å². The highest BCUT2D eigenvalue weighted by molar-refractivity contribution is 5.90. The maximum absolute atomic E-state index is 12.3. The van der Waals surface area contributed by atoms with Crippen molar-refractivity contribution in [3.8, 4) is 0 Å². The fourth-order valence-corrected chi connectivity index (χ4v) is 2.62. The number of ether oxygens (including phenoxy) is 1. The minimum Gasteiger partial charge on any atom is -0.443 e. The quantitative estimate of drug-likeness (QED) is 0.857. The highest BCUT2D eigenvalue weighted by atomic mass is 16.6. The van der Waals surface area contributed by atoms with Crippen molar-refractivity contribution in [2.75, 3.05) is 11.4 Å². The molecule has 0 spiro atoms. The lowest BCUT2D eigenvalue weighted by molar-refractivity contribution is 0.0578. The predicted octanol–water partition coefficient (Wildman–Crippen LogP) is 3.14. The topological polar surface area (TPSA) is 55.6 Å². The van der Waals surface area contributed by atoms with Gasteiger partial charge >= 0.3 is 6.09 Å². The molecule has 2 N–H and O–H groups in total. The fraction of sp³-hybridized carbons (Fsp3) is 0.562. The van der Waals surface area contributed by atoms with Crippen molar-refractivity contribution in [2.24, 2.45) is 5.73 Å². The van der Waals surface area contributed by atoms with Crippen LogP contribution < -0.4 is 10.6 Å². The average Bonchev–Trinajstić information content (AvgIpc) is 2.37. The summed E-state index contributed by atoms with van der Waals surface area (Å²) in [6.07, 6.45) is 1.69. The molecule has 1 aromatic rings. The van der Waals surface area contributed by atoms with Gasteiger partial charge in [0.1, 0.15) is 5.60 Å². The van der Waals surface area contributed by atoms with Gasteiger partial charge in [-0.3, -0.25) is 4.90 Å².